The fourth-order valence-electron chi connectivity index (χ4n) is 2.03. The Morgan fingerprint density at radius 1 is 1.00 bits per heavy atom. The zero-order valence-corrected chi connectivity index (χ0v) is 12.1. The van der Waals surface area contributed by atoms with Gasteiger partial charge in [0.05, 0.1) is 18.8 Å². The molecule has 106 valence electrons. The Morgan fingerprint density at radius 2 is 1.59 bits per heavy atom. The minimum Gasteiger partial charge on any atom is -0.394 e. The van der Waals surface area contributed by atoms with Crippen LogP contribution in [0.2, 0.25) is 0 Å². The molecule has 1 atom stereocenters. The molecule has 1 unspecified atom stereocenters. The number of unbranched alkanes of at least 4 members (excludes halogenated alkanes) is 1. The quantitative estimate of drug-likeness (QED) is 0.570. The molecule has 0 aromatic carbocycles. The van der Waals surface area contributed by atoms with E-state index in [-0.39, 0.29) is 25.6 Å². The zero-order valence-electron chi connectivity index (χ0n) is 11.3. The van der Waals surface area contributed by atoms with Crippen molar-refractivity contribution in [2.75, 3.05) is 13.2 Å². The molecule has 0 heterocycles. The summed E-state index contributed by atoms with van der Waals surface area (Å²) in [6, 6.07) is 0. The maximum atomic E-state index is 9.12. The maximum Gasteiger partial charge on any atom is 0.0633 e. The molecular weight excluding hydrogens is 238 g/mol. The summed E-state index contributed by atoms with van der Waals surface area (Å²) in [5, 5.41) is 18.2. The van der Waals surface area contributed by atoms with Crippen LogP contribution in [0.3, 0.4) is 0 Å². The molecular formula is C13H30ClNO2. The largest absolute Gasteiger partial charge is 0.394 e. The van der Waals surface area contributed by atoms with Gasteiger partial charge in [0.2, 0.25) is 0 Å². The summed E-state index contributed by atoms with van der Waals surface area (Å²) in [7, 11) is 0. The van der Waals surface area contributed by atoms with E-state index >= 15 is 0 Å². The molecule has 0 saturated carbocycles. The number of nitrogens with two attached hydrogens (primary N) is 1. The van der Waals surface area contributed by atoms with Crippen molar-refractivity contribution in [3.63, 3.8) is 0 Å². The molecule has 0 amide bonds. The molecule has 0 fully saturated rings. The molecule has 0 aliphatic rings. The van der Waals surface area contributed by atoms with Gasteiger partial charge in [-0.2, -0.15) is 0 Å². The molecule has 0 rings (SSSR count). The van der Waals surface area contributed by atoms with E-state index in [1.165, 1.54) is 32.1 Å². The van der Waals surface area contributed by atoms with E-state index < -0.39 is 5.54 Å². The van der Waals surface area contributed by atoms with E-state index in [1.807, 2.05) is 0 Å². The Bertz CT molecular complexity index is 163. The van der Waals surface area contributed by atoms with Crippen molar-refractivity contribution in [1.29, 1.82) is 0 Å². The van der Waals surface area contributed by atoms with Crippen molar-refractivity contribution < 1.29 is 10.2 Å². The van der Waals surface area contributed by atoms with E-state index in [2.05, 4.69) is 13.8 Å². The Labute approximate surface area is 112 Å². The molecule has 3 nitrogen and oxygen atoms in total. The lowest BCUT2D eigenvalue weighted by atomic mass is 9.86. The summed E-state index contributed by atoms with van der Waals surface area (Å²) in [5.41, 5.74) is 5.09. The van der Waals surface area contributed by atoms with E-state index in [1.54, 1.807) is 0 Å². The van der Waals surface area contributed by atoms with Crippen molar-refractivity contribution in [3.05, 3.63) is 0 Å². The third-order valence-corrected chi connectivity index (χ3v) is 3.34. The van der Waals surface area contributed by atoms with Gasteiger partial charge in [-0.1, -0.05) is 46.0 Å². The molecule has 0 radical (unpaired) electrons. The lowest BCUT2D eigenvalue weighted by Crippen LogP contribution is -2.47. The number of halogens is 1. The topological polar surface area (TPSA) is 66.5 Å². The molecule has 0 aliphatic carbocycles. The first-order chi connectivity index (χ1) is 7.61. The van der Waals surface area contributed by atoms with Gasteiger partial charge < -0.3 is 15.9 Å². The summed E-state index contributed by atoms with van der Waals surface area (Å²) in [6.07, 6.45) is 7.91. The second-order valence-electron chi connectivity index (χ2n) is 5.01. The van der Waals surface area contributed by atoms with E-state index in [9.17, 15) is 0 Å². The molecule has 4 heteroatoms. The third-order valence-electron chi connectivity index (χ3n) is 3.34. The number of aliphatic hydroxyl groups excluding tert-OH is 2. The molecule has 0 spiro atoms. The number of hydrogen-bond donors (Lipinski definition) is 3. The monoisotopic (exact) mass is 267 g/mol. The van der Waals surface area contributed by atoms with Crippen LogP contribution >= 0.6 is 12.4 Å². The van der Waals surface area contributed by atoms with Gasteiger partial charge in [-0.25, -0.2) is 0 Å². The summed E-state index contributed by atoms with van der Waals surface area (Å²) in [5.74, 6) is 0.700. The number of rotatable bonds is 10. The summed E-state index contributed by atoms with van der Waals surface area (Å²) >= 11 is 0. The minimum atomic E-state index is -0.780. The highest BCUT2D eigenvalue weighted by molar-refractivity contribution is 5.85. The molecule has 0 saturated heterocycles. The van der Waals surface area contributed by atoms with Gasteiger partial charge in [0.1, 0.15) is 0 Å². The van der Waals surface area contributed by atoms with Gasteiger partial charge in [0, 0.05) is 0 Å². The summed E-state index contributed by atoms with van der Waals surface area (Å²) in [6.45, 7) is 4.15. The lowest BCUT2D eigenvalue weighted by Gasteiger charge is -2.27. The SMILES string of the molecule is CCCCC(CCC)CCC(N)(CO)CO.Cl. The van der Waals surface area contributed by atoms with Crippen LogP contribution < -0.4 is 5.73 Å². The van der Waals surface area contributed by atoms with Crippen molar-refractivity contribution in [1.82, 2.24) is 0 Å². The van der Waals surface area contributed by atoms with E-state index in [0.717, 1.165) is 6.42 Å². The highest BCUT2D eigenvalue weighted by atomic mass is 35.5. The van der Waals surface area contributed by atoms with Crippen LogP contribution in [0, 0.1) is 5.92 Å². The molecule has 0 aromatic heterocycles. The van der Waals surface area contributed by atoms with Crippen molar-refractivity contribution in [2.24, 2.45) is 11.7 Å². The van der Waals surface area contributed by atoms with Crippen LogP contribution in [0.25, 0.3) is 0 Å². The van der Waals surface area contributed by atoms with Crippen LogP contribution in [-0.4, -0.2) is 29.0 Å². The fourth-order valence-corrected chi connectivity index (χ4v) is 2.03. The van der Waals surface area contributed by atoms with Gasteiger partial charge in [-0.15, -0.1) is 12.4 Å². The van der Waals surface area contributed by atoms with Crippen LogP contribution in [0.4, 0.5) is 0 Å². The van der Waals surface area contributed by atoms with Gasteiger partial charge >= 0.3 is 0 Å². The average Bonchev–Trinajstić information content (AvgIpc) is 2.32. The van der Waals surface area contributed by atoms with Gasteiger partial charge in [0.25, 0.3) is 0 Å². The first kappa shape index (κ1) is 19.5. The van der Waals surface area contributed by atoms with Gasteiger partial charge in [-0.3, -0.25) is 0 Å². The highest BCUT2D eigenvalue weighted by Gasteiger charge is 2.24. The summed E-state index contributed by atoms with van der Waals surface area (Å²) < 4.78 is 0. The Hall–Kier alpha value is 0.170. The van der Waals surface area contributed by atoms with Crippen LogP contribution in [-0.2, 0) is 0 Å². The Balaban J connectivity index is 0. The van der Waals surface area contributed by atoms with Crippen LogP contribution in [0.5, 0.6) is 0 Å². The molecule has 0 aliphatic heterocycles. The Kier molecular flexibility index (Phi) is 12.9. The number of hydrogen-bond acceptors (Lipinski definition) is 3. The predicted octanol–water partition coefficient (Wildman–Crippen LogP) is 2.48. The van der Waals surface area contributed by atoms with Gasteiger partial charge in [-0.05, 0) is 18.8 Å². The smallest absolute Gasteiger partial charge is 0.0633 e. The third kappa shape index (κ3) is 8.83. The minimum absolute atomic E-state index is 0. The number of aliphatic hydroxyl groups is 2. The normalized spacial score (nSPS) is 13.2. The fraction of sp³-hybridized carbons (Fsp3) is 1.00. The predicted molar refractivity (Wildman–Crippen MR) is 75.5 cm³/mol. The van der Waals surface area contributed by atoms with Crippen molar-refractivity contribution in [2.45, 2.75) is 64.3 Å². The van der Waals surface area contributed by atoms with Gasteiger partial charge in [0.15, 0.2) is 0 Å². The van der Waals surface area contributed by atoms with E-state index in [0.29, 0.717) is 12.3 Å². The lowest BCUT2D eigenvalue weighted by molar-refractivity contribution is 0.107. The zero-order chi connectivity index (χ0) is 12.4. The van der Waals surface area contributed by atoms with Crippen molar-refractivity contribution >= 4 is 12.4 Å². The molecule has 0 bridgehead atoms. The van der Waals surface area contributed by atoms with E-state index in [4.69, 9.17) is 15.9 Å². The second-order valence-corrected chi connectivity index (χ2v) is 5.01. The Morgan fingerprint density at radius 3 is 2.00 bits per heavy atom. The van der Waals surface area contributed by atoms with Crippen molar-refractivity contribution in [3.8, 4) is 0 Å². The molecule has 17 heavy (non-hydrogen) atoms. The van der Waals surface area contributed by atoms with Crippen LogP contribution in [0.1, 0.15) is 58.8 Å². The molecule has 0 aromatic rings. The summed E-state index contributed by atoms with van der Waals surface area (Å²) in [4.78, 5) is 0. The average molecular weight is 268 g/mol. The maximum absolute atomic E-state index is 9.12. The molecule has 4 N–H and O–H groups in total. The van der Waals surface area contributed by atoms with Crippen LogP contribution in [0.15, 0.2) is 0 Å². The highest BCUT2D eigenvalue weighted by Crippen LogP contribution is 2.23. The first-order valence-electron chi connectivity index (χ1n) is 6.62. The second kappa shape index (κ2) is 11.3. The standard InChI is InChI=1S/C13H29NO2.ClH/c1-3-5-7-12(6-4-2)8-9-13(14,10-15)11-16;/h12,15-16H,3-11,14H2,1-2H3;1H. The first-order valence-corrected chi connectivity index (χ1v) is 6.62.